The third kappa shape index (κ3) is 5.94. The maximum Gasteiger partial charge on any atom is 0.323 e. The third-order valence-corrected chi connectivity index (χ3v) is 5.40. The Hall–Kier alpha value is -2.22. The van der Waals surface area contributed by atoms with Crippen LogP contribution in [0.15, 0.2) is 29.2 Å². The Kier molecular flexibility index (Phi) is 7.32. The first-order chi connectivity index (χ1) is 12.4. The lowest BCUT2D eigenvalue weighted by atomic mass is 10.1. The zero-order valence-electron chi connectivity index (χ0n) is 14.8. The van der Waals surface area contributed by atoms with Gasteiger partial charge in [0.05, 0.1) is 5.75 Å². The first-order valence-corrected chi connectivity index (χ1v) is 9.54. The van der Waals surface area contributed by atoms with Gasteiger partial charge in [-0.15, -0.1) is 11.8 Å². The number of hydrogen-bond donors (Lipinski definition) is 2. The van der Waals surface area contributed by atoms with Crippen molar-refractivity contribution in [2.45, 2.75) is 37.1 Å². The van der Waals surface area contributed by atoms with Gasteiger partial charge in [-0.05, 0) is 43.5 Å². The summed E-state index contributed by atoms with van der Waals surface area (Å²) in [6, 6.07) is 6.56. The second-order valence-corrected chi connectivity index (χ2v) is 7.34. The van der Waals surface area contributed by atoms with Crippen LogP contribution in [0.25, 0.3) is 0 Å². The van der Waals surface area contributed by atoms with E-state index < -0.39 is 5.97 Å². The zero-order chi connectivity index (χ0) is 19.1. The van der Waals surface area contributed by atoms with Crippen LogP contribution < -0.4 is 0 Å². The minimum Gasteiger partial charge on any atom is -0.508 e. The number of carbonyl (C=O) groups is 3. The summed E-state index contributed by atoms with van der Waals surface area (Å²) >= 11 is 1.41. The quantitative estimate of drug-likeness (QED) is 0.730. The van der Waals surface area contributed by atoms with Gasteiger partial charge in [0.25, 0.3) is 0 Å². The van der Waals surface area contributed by atoms with E-state index in [2.05, 4.69) is 0 Å². The van der Waals surface area contributed by atoms with E-state index in [0.717, 1.165) is 11.3 Å². The molecule has 0 aliphatic carbocycles. The number of carbonyl (C=O) groups excluding carboxylic acids is 2. The van der Waals surface area contributed by atoms with Crippen molar-refractivity contribution in [3.63, 3.8) is 0 Å². The molecule has 1 unspecified atom stereocenters. The number of likely N-dealkylation sites (tertiary alicyclic amines) is 1. The summed E-state index contributed by atoms with van der Waals surface area (Å²) in [4.78, 5) is 39.3. The molecule has 1 aliphatic heterocycles. The lowest BCUT2D eigenvalue weighted by Crippen LogP contribution is -2.43. The lowest BCUT2D eigenvalue weighted by molar-refractivity contribution is -0.145. The highest BCUT2D eigenvalue weighted by Gasteiger charge is 2.27. The molecule has 0 aromatic heterocycles. The number of hydrogen-bond acceptors (Lipinski definition) is 5. The number of phenolic OH excluding ortho intramolecular Hbond substituents is 1. The molecule has 1 saturated heterocycles. The van der Waals surface area contributed by atoms with E-state index >= 15 is 0 Å². The average Bonchev–Trinajstić information content (AvgIpc) is 2.84. The normalized spacial score (nSPS) is 17.4. The Morgan fingerprint density at radius 3 is 2.50 bits per heavy atom. The van der Waals surface area contributed by atoms with Crippen molar-refractivity contribution < 1.29 is 24.6 Å². The van der Waals surface area contributed by atoms with Gasteiger partial charge in [-0.2, -0.15) is 0 Å². The fourth-order valence-corrected chi connectivity index (χ4v) is 3.86. The molecule has 7 nitrogen and oxygen atoms in total. The molecule has 2 amide bonds. The molecule has 8 heteroatoms. The molecule has 0 saturated carbocycles. The van der Waals surface area contributed by atoms with Crippen LogP contribution in [0.2, 0.25) is 0 Å². The van der Waals surface area contributed by atoms with Crippen molar-refractivity contribution in [2.24, 2.45) is 0 Å². The first-order valence-electron chi connectivity index (χ1n) is 8.55. The van der Waals surface area contributed by atoms with Gasteiger partial charge in [0.1, 0.15) is 12.3 Å². The molecule has 0 bridgehead atoms. The van der Waals surface area contributed by atoms with Crippen molar-refractivity contribution >= 4 is 29.5 Å². The van der Waals surface area contributed by atoms with Crippen molar-refractivity contribution in [1.29, 1.82) is 0 Å². The standard InChI is InChI=1S/C18H24N2O5S/c1-13(21)20(11-18(24)25)14-3-2-9-19(10-8-14)17(23)12-26-16-6-4-15(22)5-7-16/h4-7,14,22H,2-3,8-12H2,1H3,(H,24,25). The Morgan fingerprint density at radius 1 is 1.19 bits per heavy atom. The number of carboxylic acid groups (broad SMARTS) is 1. The molecule has 1 aliphatic rings. The van der Waals surface area contributed by atoms with E-state index in [-0.39, 0.29) is 30.2 Å². The summed E-state index contributed by atoms with van der Waals surface area (Å²) in [6.45, 7) is 2.21. The minimum atomic E-state index is -1.03. The van der Waals surface area contributed by atoms with Crippen LogP contribution in [0.5, 0.6) is 5.75 Å². The first kappa shape index (κ1) is 20.1. The number of rotatable bonds is 6. The largest absolute Gasteiger partial charge is 0.508 e. The Morgan fingerprint density at radius 2 is 1.88 bits per heavy atom. The third-order valence-electron chi connectivity index (χ3n) is 4.40. The fraction of sp³-hybridized carbons (Fsp3) is 0.500. The van der Waals surface area contributed by atoms with E-state index in [4.69, 9.17) is 5.11 Å². The number of benzene rings is 1. The van der Waals surface area contributed by atoms with Gasteiger partial charge >= 0.3 is 5.97 Å². The predicted octanol–water partition coefficient (Wildman–Crippen LogP) is 1.80. The van der Waals surface area contributed by atoms with Gasteiger partial charge in [0.15, 0.2) is 0 Å². The molecule has 142 valence electrons. The van der Waals surface area contributed by atoms with Gasteiger partial charge in [0.2, 0.25) is 11.8 Å². The van der Waals surface area contributed by atoms with Gasteiger partial charge in [-0.3, -0.25) is 14.4 Å². The van der Waals surface area contributed by atoms with E-state index in [0.29, 0.717) is 31.7 Å². The minimum absolute atomic E-state index is 0.0244. The summed E-state index contributed by atoms with van der Waals surface area (Å²) in [5.74, 6) is -0.754. The van der Waals surface area contributed by atoms with E-state index in [1.807, 2.05) is 0 Å². The second-order valence-electron chi connectivity index (χ2n) is 6.29. The summed E-state index contributed by atoms with van der Waals surface area (Å²) < 4.78 is 0. The molecule has 0 radical (unpaired) electrons. The summed E-state index contributed by atoms with van der Waals surface area (Å²) in [5.41, 5.74) is 0. The maximum atomic E-state index is 12.5. The molecule has 2 rings (SSSR count). The topological polar surface area (TPSA) is 98.2 Å². The van der Waals surface area contributed by atoms with Gasteiger partial charge < -0.3 is 20.0 Å². The molecular weight excluding hydrogens is 356 g/mol. The number of aromatic hydroxyl groups is 1. The molecule has 2 N–H and O–H groups in total. The molecule has 1 aromatic rings. The Labute approximate surface area is 157 Å². The van der Waals surface area contributed by atoms with Crippen molar-refractivity contribution in [1.82, 2.24) is 9.80 Å². The highest BCUT2D eigenvalue weighted by atomic mass is 32.2. The molecule has 1 fully saturated rings. The van der Waals surface area contributed by atoms with Crippen LogP contribution in [0.1, 0.15) is 26.2 Å². The van der Waals surface area contributed by atoms with Crippen molar-refractivity contribution in [3.8, 4) is 5.75 Å². The fourth-order valence-electron chi connectivity index (χ4n) is 3.06. The van der Waals surface area contributed by atoms with Crippen LogP contribution in [0, 0.1) is 0 Å². The summed E-state index contributed by atoms with van der Waals surface area (Å²) in [5, 5.41) is 18.3. The molecule has 26 heavy (non-hydrogen) atoms. The highest BCUT2D eigenvalue weighted by molar-refractivity contribution is 8.00. The maximum absolute atomic E-state index is 12.5. The monoisotopic (exact) mass is 380 g/mol. The Bertz CT molecular complexity index is 649. The van der Waals surface area contributed by atoms with Crippen molar-refractivity contribution in [3.05, 3.63) is 24.3 Å². The number of phenols is 1. The van der Waals surface area contributed by atoms with Gasteiger partial charge in [-0.25, -0.2) is 0 Å². The number of nitrogens with zero attached hydrogens (tertiary/aromatic N) is 2. The van der Waals surface area contributed by atoms with Crippen LogP contribution in [0.4, 0.5) is 0 Å². The van der Waals surface area contributed by atoms with Gasteiger partial charge in [0, 0.05) is 31.0 Å². The molecule has 0 spiro atoms. The van der Waals surface area contributed by atoms with Crippen molar-refractivity contribution in [2.75, 3.05) is 25.4 Å². The Balaban J connectivity index is 1.88. The second kappa shape index (κ2) is 9.47. The summed E-state index contributed by atoms with van der Waals surface area (Å²) in [7, 11) is 0. The number of aliphatic carboxylic acids is 1. The molecular formula is C18H24N2O5S. The number of amides is 2. The van der Waals surface area contributed by atoms with E-state index in [1.54, 1.807) is 29.2 Å². The molecule has 1 heterocycles. The van der Waals surface area contributed by atoms with E-state index in [1.165, 1.54) is 23.6 Å². The van der Waals surface area contributed by atoms with Crippen LogP contribution in [-0.2, 0) is 14.4 Å². The van der Waals surface area contributed by atoms with Crippen LogP contribution in [0.3, 0.4) is 0 Å². The number of thioether (sulfide) groups is 1. The molecule has 1 aromatic carbocycles. The SMILES string of the molecule is CC(=O)N(CC(=O)O)C1CCCN(C(=O)CSc2ccc(O)cc2)CC1. The van der Waals surface area contributed by atoms with Crippen LogP contribution >= 0.6 is 11.8 Å². The highest BCUT2D eigenvalue weighted by Crippen LogP contribution is 2.22. The smallest absolute Gasteiger partial charge is 0.323 e. The summed E-state index contributed by atoms with van der Waals surface area (Å²) in [6.07, 6.45) is 2.02. The zero-order valence-corrected chi connectivity index (χ0v) is 15.6. The van der Waals surface area contributed by atoms with Crippen LogP contribution in [-0.4, -0.2) is 69.2 Å². The average molecular weight is 380 g/mol. The molecule has 1 atom stereocenters. The number of carboxylic acids is 1. The van der Waals surface area contributed by atoms with Gasteiger partial charge in [-0.1, -0.05) is 0 Å². The van der Waals surface area contributed by atoms with E-state index in [9.17, 15) is 19.5 Å². The predicted molar refractivity (Wildman–Crippen MR) is 98.1 cm³/mol. The lowest BCUT2D eigenvalue weighted by Gasteiger charge is -2.28.